The Balaban J connectivity index is 1.56. The number of hydrogen-bond donors (Lipinski definition) is 2. The van der Waals surface area contributed by atoms with Gasteiger partial charge >= 0.3 is 0 Å². The lowest BCUT2D eigenvalue weighted by molar-refractivity contribution is 0.102. The van der Waals surface area contributed by atoms with Gasteiger partial charge in [0.2, 0.25) is 0 Å². The first-order valence-electron chi connectivity index (χ1n) is 8.74. The molecule has 0 bridgehead atoms. The molecule has 28 heavy (non-hydrogen) atoms. The number of carbonyl (C=O) groups is 1. The van der Waals surface area contributed by atoms with Crippen molar-refractivity contribution < 1.29 is 9.53 Å². The molecule has 0 aliphatic heterocycles. The van der Waals surface area contributed by atoms with Crippen LogP contribution in [0.25, 0.3) is 10.9 Å². The second-order valence-corrected chi connectivity index (χ2v) is 6.15. The van der Waals surface area contributed by atoms with Crippen LogP contribution in [-0.4, -0.2) is 23.0 Å². The average molecular weight is 370 g/mol. The summed E-state index contributed by atoms with van der Waals surface area (Å²) in [7, 11) is 1.62. The molecule has 4 aromatic rings. The molecule has 0 aliphatic carbocycles. The minimum Gasteiger partial charge on any atom is -0.497 e. The molecule has 6 heteroatoms. The maximum atomic E-state index is 12.7. The molecule has 0 saturated carbocycles. The Labute approximate surface area is 162 Å². The molecule has 2 aromatic heterocycles. The van der Waals surface area contributed by atoms with E-state index < -0.39 is 0 Å². The monoisotopic (exact) mass is 370 g/mol. The van der Waals surface area contributed by atoms with E-state index >= 15 is 0 Å². The van der Waals surface area contributed by atoms with Crippen LogP contribution in [0.2, 0.25) is 0 Å². The maximum absolute atomic E-state index is 12.7. The Morgan fingerprint density at radius 1 is 0.964 bits per heavy atom. The summed E-state index contributed by atoms with van der Waals surface area (Å²) in [5.74, 6) is 0.496. The normalized spacial score (nSPS) is 10.5. The molecule has 138 valence electrons. The lowest BCUT2D eigenvalue weighted by atomic mass is 10.1. The van der Waals surface area contributed by atoms with Crippen molar-refractivity contribution in [2.45, 2.75) is 0 Å². The standard InChI is InChI=1S/C22H18N4O2/c1-28-19-8-3-7-17(12-19)25-18-11-16(13-23-14-18)22(27)26-20-9-2-5-15-6-4-10-24-21(15)20/h2-14,25H,1H3,(H,26,27). The fraction of sp³-hybridized carbons (Fsp3) is 0.0455. The molecule has 2 heterocycles. The van der Waals surface area contributed by atoms with Crippen LogP contribution >= 0.6 is 0 Å². The van der Waals surface area contributed by atoms with E-state index in [1.54, 1.807) is 25.6 Å². The summed E-state index contributed by atoms with van der Waals surface area (Å²) in [5, 5.41) is 7.12. The smallest absolute Gasteiger partial charge is 0.257 e. The molecule has 6 nitrogen and oxygen atoms in total. The zero-order valence-electron chi connectivity index (χ0n) is 15.2. The van der Waals surface area contributed by atoms with E-state index in [-0.39, 0.29) is 5.91 Å². The molecule has 0 atom stereocenters. The number of nitrogens with one attached hydrogen (secondary N) is 2. The number of aromatic nitrogens is 2. The molecule has 2 N–H and O–H groups in total. The molecular formula is C22H18N4O2. The van der Waals surface area contributed by atoms with E-state index in [1.807, 2.05) is 54.6 Å². The molecule has 0 saturated heterocycles. The number of methoxy groups -OCH3 is 1. The third-order valence-electron chi connectivity index (χ3n) is 4.24. The van der Waals surface area contributed by atoms with Crippen LogP contribution in [0.5, 0.6) is 5.75 Å². The highest BCUT2D eigenvalue weighted by Gasteiger charge is 2.10. The number of nitrogens with zero attached hydrogens (tertiary/aromatic N) is 2. The number of carbonyl (C=O) groups excluding carboxylic acids is 1. The highest BCUT2D eigenvalue weighted by atomic mass is 16.5. The fourth-order valence-corrected chi connectivity index (χ4v) is 2.90. The molecule has 2 aromatic carbocycles. The first-order valence-corrected chi connectivity index (χ1v) is 8.74. The zero-order chi connectivity index (χ0) is 19.3. The number of ether oxygens (including phenoxy) is 1. The van der Waals surface area contributed by atoms with Gasteiger partial charge in [0.05, 0.1) is 35.8 Å². The van der Waals surface area contributed by atoms with E-state index in [9.17, 15) is 4.79 Å². The van der Waals surface area contributed by atoms with Gasteiger partial charge in [0.1, 0.15) is 5.75 Å². The van der Waals surface area contributed by atoms with Gasteiger partial charge in [-0.2, -0.15) is 0 Å². The molecule has 0 aliphatic rings. The van der Waals surface area contributed by atoms with Gasteiger partial charge in [-0.15, -0.1) is 0 Å². The zero-order valence-corrected chi connectivity index (χ0v) is 15.2. The topological polar surface area (TPSA) is 76.1 Å². The average Bonchev–Trinajstić information content (AvgIpc) is 2.74. The van der Waals surface area contributed by atoms with E-state index in [4.69, 9.17) is 4.74 Å². The van der Waals surface area contributed by atoms with Gasteiger partial charge in [-0.3, -0.25) is 14.8 Å². The fourth-order valence-electron chi connectivity index (χ4n) is 2.90. The van der Waals surface area contributed by atoms with E-state index in [0.717, 1.165) is 22.3 Å². The van der Waals surface area contributed by atoms with Gasteiger partial charge in [0, 0.05) is 29.5 Å². The quantitative estimate of drug-likeness (QED) is 0.535. The predicted octanol–water partition coefficient (Wildman–Crippen LogP) is 4.63. The summed E-state index contributed by atoms with van der Waals surface area (Å²) in [6, 6.07) is 18.8. The van der Waals surface area contributed by atoms with Gasteiger partial charge in [0.25, 0.3) is 5.91 Å². The summed E-state index contributed by atoms with van der Waals surface area (Å²) in [4.78, 5) is 21.3. The van der Waals surface area contributed by atoms with Crippen LogP contribution in [0.15, 0.2) is 79.3 Å². The summed E-state index contributed by atoms with van der Waals surface area (Å²) in [6.45, 7) is 0. The van der Waals surface area contributed by atoms with Crippen molar-refractivity contribution >= 4 is 33.9 Å². The Bertz CT molecular complexity index is 1140. The van der Waals surface area contributed by atoms with Crippen LogP contribution in [0.4, 0.5) is 17.1 Å². The Morgan fingerprint density at radius 2 is 1.82 bits per heavy atom. The molecule has 0 spiro atoms. The maximum Gasteiger partial charge on any atom is 0.257 e. The first kappa shape index (κ1) is 17.5. The highest BCUT2D eigenvalue weighted by molar-refractivity contribution is 6.08. The van der Waals surface area contributed by atoms with E-state index in [1.165, 1.54) is 6.20 Å². The Morgan fingerprint density at radius 3 is 2.71 bits per heavy atom. The highest BCUT2D eigenvalue weighted by Crippen LogP contribution is 2.23. The van der Waals surface area contributed by atoms with Crippen LogP contribution < -0.4 is 15.4 Å². The van der Waals surface area contributed by atoms with Crippen molar-refractivity contribution in [1.29, 1.82) is 0 Å². The van der Waals surface area contributed by atoms with Crippen LogP contribution in [0.1, 0.15) is 10.4 Å². The van der Waals surface area contributed by atoms with E-state index in [2.05, 4.69) is 20.6 Å². The number of amides is 1. The van der Waals surface area contributed by atoms with E-state index in [0.29, 0.717) is 16.9 Å². The number of para-hydroxylation sites is 1. The predicted molar refractivity (Wildman–Crippen MR) is 110 cm³/mol. The Hall–Kier alpha value is -3.93. The minimum absolute atomic E-state index is 0.250. The van der Waals surface area contributed by atoms with Crippen molar-refractivity contribution in [3.05, 3.63) is 84.8 Å². The van der Waals surface area contributed by atoms with Gasteiger partial charge in [-0.05, 0) is 30.3 Å². The minimum atomic E-state index is -0.250. The molecular weight excluding hydrogens is 352 g/mol. The molecule has 4 rings (SSSR count). The largest absolute Gasteiger partial charge is 0.497 e. The molecule has 1 amide bonds. The number of rotatable bonds is 5. The van der Waals surface area contributed by atoms with Crippen molar-refractivity contribution in [2.24, 2.45) is 0 Å². The third-order valence-corrected chi connectivity index (χ3v) is 4.24. The van der Waals surface area contributed by atoms with Crippen molar-refractivity contribution in [3.63, 3.8) is 0 Å². The van der Waals surface area contributed by atoms with Crippen molar-refractivity contribution in [3.8, 4) is 5.75 Å². The third kappa shape index (κ3) is 3.76. The SMILES string of the molecule is COc1cccc(Nc2cncc(C(=O)Nc3cccc4cccnc34)c2)c1. The summed E-state index contributed by atoms with van der Waals surface area (Å²) < 4.78 is 5.23. The van der Waals surface area contributed by atoms with Crippen LogP contribution in [0.3, 0.4) is 0 Å². The molecule has 0 fully saturated rings. The number of anilines is 3. The summed E-state index contributed by atoms with van der Waals surface area (Å²) in [6.07, 6.45) is 4.90. The van der Waals surface area contributed by atoms with Crippen LogP contribution in [-0.2, 0) is 0 Å². The van der Waals surface area contributed by atoms with Gasteiger partial charge < -0.3 is 15.4 Å². The van der Waals surface area contributed by atoms with Crippen molar-refractivity contribution in [1.82, 2.24) is 9.97 Å². The second-order valence-electron chi connectivity index (χ2n) is 6.15. The number of fused-ring (bicyclic) bond motifs is 1. The number of pyridine rings is 2. The first-order chi connectivity index (χ1) is 13.7. The summed E-state index contributed by atoms with van der Waals surface area (Å²) >= 11 is 0. The van der Waals surface area contributed by atoms with Gasteiger partial charge in [-0.25, -0.2) is 0 Å². The van der Waals surface area contributed by atoms with Gasteiger partial charge in [-0.1, -0.05) is 24.3 Å². The van der Waals surface area contributed by atoms with Gasteiger partial charge in [0.15, 0.2) is 0 Å². The Kier molecular flexibility index (Phi) is 4.84. The van der Waals surface area contributed by atoms with Crippen molar-refractivity contribution in [2.75, 3.05) is 17.7 Å². The second kappa shape index (κ2) is 7.75. The summed E-state index contributed by atoms with van der Waals surface area (Å²) in [5.41, 5.74) is 3.40. The molecule has 0 unspecified atom stereocenters. The molecule has 0 radical (unpaired) electrons. The lowest BCUT2D eigenvalue weighted by Gasteiger charge is -2.10. The number of hydrogen-bond acceptors (Lipinski definition) is 5. The lowest BCUT2D eigenvalue weighted by Crippen LogP contribution is -2.13. The van der Waals surface area contributed by atoms with Crippen LogP contribution in [0, 0.1) is 0 Å². The number of benzene rings is 2.